The number of aryl methyl sites for hydroxylation is 1. The third-order valence-corrected chi connectivity index (χ3v) is 7.02. The predicted molar refractivity (Wildman–Crippen MR) is 129 cm³/mol. The minimum absolute atomic E-state index is 0.0115. The number of aromatic nitrogens is 1. The normalized spacial score (nSPS) is 13.5. The van der Waals surface area contributed by atoms with Crippen LogP contribution in [0.5, 0.6) is 11.5 Å². The molecule has 4 rings (SSSR count). The molecule has 1 aliphatic rings. The second-order valence-electron chi connectivity index (χ2n) is 8.77. The molecule has 192 valence electrons. The highest BCUT2D eigenvalue weighted by atomic mass is 32.1. The van der Waals surface area contributed by atoms with E-state index >= 15 is 0 Å². The topological polar surface area (TPSA) is 51.7 Å². The summed E-state index contributed by atoms with van der Waals surface area (Å²) in [5, 5.41) is 0.512. The summed E-state index contributed by atoms with van der Waals surface area (Å²) in [4.78, 5) is 19.9. The van der Waals surface area contributed by atoms with Crippen LogP contribution in [0.1, 0.15) is 39.5 Å². The molecule has 1 aliphatic carbocycles. The molecule has 0 saturated heterocycles. The molecule has 1 fully saturated rings. The quantitative estimate of drug-likeness (QED) is 0.306. The van der Waals surface area contributed by atoms with E-state index in [0.717, 1.165) is 41.9 Å². The lowest BCUT2D eigenvalue weighted by Gasteiger charge is -2.23. The van der Waals surface area contributed by atoms with Crippen LogP contribution in [0.3, 0.4) is 0 Å². The number of hydrogen-bond acceptors (Lipinski definition) is 5. The number of alkyl halides is 3. The van der Waals surface area contributed by atoms with E-state index in [1.54, 1.807) is 32.1 Å². The molecule has 0 aliphatic heterocycles. The largest absolute Gasteiger partial charge is 0.493 e. The molecule has 0 spiro atoms. The van der Waals surface area contributed by atoms with Crippen LogP contribution in [0.4, 0.5) is 17.6 Å². The van der Waals surface area contributed by atoms with E-state index in [4.69, 9.17) is 9.47 Å². The van der Waals surface area contributed by atoms with Crippen molar-refractivity contribution in [3.8, 4) is 21.9 Å². The van der Waals surface area contributed by atoms with Gasteiger partial charge in [-0.15, -0.1) is 11.3 Å². The molecule has 0 N–H and O–H groups in total. The molecule has 5 nitrogen and oxygen atoms in total. The Labute approximate surface area is 210 Å². The number of methoxy groups -OCH3 is 2. The maximum absolute atomic E-state index is 14.1. The van der Waals surface area contributed by atoms with Gasteiger partial charge in [0.1, 0.15) is 11.5 Å². The van der Waals surface area contributed by atoms with Crippen molar-refractivity contribution in [2.24, 2.45) is 5.92 Å². The molecule has 10 heteroatoms. The Morgan fingerprint density at radius 1 is 1.11 bits per heavy atom. The van der Waals surface area contributed by atoms with E-state index in [2.05, 4.69) is 4.98 Å². The smallest absolute Gasteiger partial charge is 0.416 e. The summed E-state index contributed by atoms with van der Waals surface area (Å²) < 4.78 is 64.6. The summed E-state index contributed by atoms with van der Waals surface area (Å²) in [7, 11) is 3.10. The van der Waals surface area contributed by atoms with Crippen molar-refractivity contribution < 1.29 is 31.8 Å². The molecule has 1 aromatic heterocycles. The van der Waals surface area contributed by atoms with Gasteiger partial charge in [0.15, 0.2) is 11.5 Å². The van der Waals surface area contributed by atoms with Crippen LogP contribution in [0, 0.1) is 18.7 Å². The van der Waals surface area contributed by atoms with Crippen LogP contribution >= 0.6 is 11.3 Å². The molecule has 1 heterocycles. The Morgan fingerprint density at radius 3 is 2.47 bits per heavy atom. The lowest BCUT2D eigenvalue weighted by molar-refractivity contribution is -0.137. The SMILES string of the molecule is COc1ccc(CCN(CC2CC2)C(=O)c2nc(C)sc2-c2cc(F)cc(C(F)(F)F)c2)cc1OC. The number of benzene rings is 2. The van der Waals surface area contributed by atoms with E-state index in [1.165, 1.54) is 0 Å². The number of hydrogen-bond donors (Lipinski definition) is 0. The van der Waals surface area contributed by atoms with Crippen molar-refractivity contribution in [1.82, 2.24) is 9.88 Å². The minimum atomic E-state index is -4.71. The van der Waals surface area contributed by atoms with Gasteiger partial charge in [-0.2, -0.15) is 13.2 Å². The fraction of sp³-hybridized carbons (Fsp3) is 0.385. The number of carbonyl (C=O) groups excluding carboxylic acids is 1. The highest BCUT2D eigenvalue weighted by molar-refractivity contribution is 7.15. The van der Waals surface area contributed by atoms with Gasteiger partial charge in [-0.1, -0.05) is 6.07 Å². The third kappa shape index (κ3) is 5.98. The van der Waals surface area contributed by atoms with Gasteiger partial charge >= 0.3 is 6.18 Å². The Morgan fingerprint density at radius 2 is 1.83 bits per heavy atom. The first kappa shape index (κ1) is 25.9. The number of nitrogens with zero attached hydrogens (tertiary/aromatic N) is 2. The zero-order chi connectivity index (χ0) is 26.0. The van der Waals surface area contributed by atoms with Crippen LogP contribution in [0.2, 0.25) is 0 Å². The molecule has 1 amide bonds. The monoisotopic (exact) mass is 522 g/mol. The van der Waals surface area contributed by atoms with E-state index in [0.29, 0.717) is 48.0 Å². The van der Waals surface area contributed by atoms with Crippen LogP contribution in [-0.4, -0.2) is 43.1 Å². The zero-order valence-electron chi connectivity index (χ0n) is 20.1. The van der Waals surface area contributed by atoms with Crippen LogP contribution in [-0.2, 0) is 12.6 Å². The molecule has 3 aromatic rings. The molecule has 36 heavy (non-hydrogen) atoms. The summed E-state index contributed by atoms with van der Waals surface area (Å²) in [5.41, 5.74) is -0.132. The first-order valence-electron chi connectivity index (χ1n) is 11.4. The van der Waals surface area contributed by atoms with Crippen LogP contribution in [0.15, 0.2) is 36.4 Å². The van der Waals surface area contributed by atoms with E-state index in [9.17, 15) is 22.4 Å². The van der Waals surface area contributed by atoms with Crippen molar-refractivity contribution in [2.75, 3.05) is 27.3 Å². The Kier molecular flexibility index (Phi) is 7.54. The lowest BCUT2D eigenvalue weighted by atomic mass is 10.1. The van der Waals surface area contributed by atoms with Crippen molar-refractivity contribution in [1.29, 1.82) is 0 Å². The van der Waals surface area contributed by atoms with Gasteiger partial charge in [-0.25, -0.2) is 9.37 Å². The predicted octanol–water partition coefficient (Wildman–Crippen LogP) is 6.39. The maximum Gasteiger partial charge on any atom is 0.416 e. The van der Waals surface area contributed by atoms with E-state index < -0.39 is 17.6 Å². The highest BCUT2D eigenvalue weighted by Crippen LogP contribution is 2.37. The first-order chi connectivity index (χ1) is 17.1. The minimum Gasteiger partial charge on any atom is -0.493 e. The summed E-state index contributed by atoms with van der Waals surface area (Å²) in [6.07, 6.45) is -2.14. The van der Waals surface area contributed by atoms with Crippen molar-refractivity contribution in [2.45, 2.75) is 32.4 Å². The fourth-order valence-electron chi connectivity index (χ4n) is 3.99. The van der Waals surface area contributed by atoms with Gasteiger partial charge in [0.05, 0.1) is 29.7 Å². The molecule has 0 radical (unpaired) electrons. The number of rotatable bonds is 9. The highest BCUT2D eigenvalue weighted by Gasteiger charge is 2.33. The summed E-state index contributed by atoms with van der Waals surface area (Å²) in [5.74, 6) is 0.169. The molecule has 0 unspecified atom stereocenters. The summed E-state index contributed by atoms with van der Waals surface area (Å²) >= 11 is 1.08. The zero-order valence-corrected chi connectivity index (χ0v) is 20.9. The standard InChI is InChI=1S/C26H26F4N2O3S/c1-15-31-23(24(36-15)18-11-19(26(28,29)30)13-20(27)12-18)25(33)32(14-17-4-5-17)9-8-16-6-7-21(34-2)22(10-16)35-3/h6-7,10-13,17H,4-5,8-9,14H2,1-3H3. The first-order valence-corrected chi connectivity index (χ1v) is 12.3. The van der Waals surface area contributed by atoms with Crippen molar-refractivity contribution >= 4 is 17.2 Å². The Balaban J connectivity index is 1.62. The van der Waals surface area contributed by atoms with Crippen molar-refractivity contribution in [3.05, 3.63) is 64.0 Å². The lowest BCUT2D eigenvalue weighted by Crippen LogP contribution is -2.35. The second-order valence-corrected chi connectivity index (χ2v) is 9.97. The number of ether oxygens (including phenoxy) is 2. The van der Waals surface area contributed by atoms with E-state index in [-0.39, 0.29) is 22.0 Å². The molecular formula is C26H26F4N2O3S. The van der Waals surface area contributed by atoms with Gasteiger partial charge in [0, 0.05) is 13.1 Å². The van der Waals surface area contributed by atoms with Gasteiger partial charge in [-0.05, 0) is 73.6 Å². The number of carbonyl (C=O) groups is 1. The van der Waals surface area contributed by atoms with Gasteiger partial charge in [-0.3, -0.25) is 4.79 Å². The van der Waals surface area contributed by atoms with Crippen molar-refractivity contribution in [3.63, 3.8) is 0 Å². The molecule has 0 bridgehead atoms. The summed E-state index contributed by atoms with van der Waals surface area (Å²) in [6.45, 7) is 2.58. The molecule has 2 aromatic carbocycles. The molecular weight excluding hydrogens is 496 g/mol. The Bertz CT molecular complexity index is 1250. The molecule has 1 saturated carbocycles. The van der Waals surface area contributed by atoms with Gasteiger partial charge < -0.3 is 14.4 Å². The number of thiazole rings is 1. The fourth-order valence-corrected chi connectivity index (χ4v) is 4.89. The molecule has 0 atom stereocenters. The average Bonchev–Trinajstić information content (AvgIpc) is 3.58. The van der Waals surface area contributed by atoms with Crippen LogP contribution < -0.4 is 9.47 Å². The number of halogens is 4. The Hall–Kier alpha value is -3.14. The maximum atomic E-state index is 14.1. The van der Waals surface area contributed by atoms with Gasteiger partial charge in [0.25, 0.3) is 5.91 Å². The van der Waals surface area contributed by atoms with Crippen LogP contribution in [0.25, 0.3) is 10.4 Å². The summed E-state index contributed by atoms with van der Waals surface area (Å²) in [6, 6.07) is 7.86. The van der Waals surface area contributed by atoms with Gasteiger partial charge in [0.2, 0.25) is 0 Å². The third-order valence-electron chi connectivity index (χ3n) is 6.01. The second kappa shape index (κ2) is 10.5. The average molecular weight is 523 g/mol. The number of amides is 1. The van der Waals surface area contributed by atoms with E-state index in [1.807, 2.05) is 12.1 Å².